The number of nitrogens with one attached hydrogen (secondary N) is 2. The van der Waals surface area contributed by atoms with Gasteiger partial charge in [0.15, 0.2) is 0 Å². The number of aromatic nitrogens is 3. The maximum Gasteiger partial charge on any atom is 0.230 e. The molecule has 0 spiro atoms. The Bertz CT molecular complexity index is 671. The third-order valence-corrected chi connectivity index (χ3v) is 4.72. The number of rotatable bonds is 6. The highest BCUT2D eigenvalue weighted by molar-refractivity contribution is 7.99. The van der Waals surface area contributed by atoms with Crippen molar-refractivity contribution >= 4 is 29.3 Å². The number of thioether (sulfide) groups is 1. The average molecular weight is 337 g/mol. The molecule has 1 fully saturated rings. The van der Waals surface area contributed by atoms with E-state index in [0.29, 0.717) is 16.1 Å². The molecule has 1 unspecified atom stereocenters. The molecule has 0 radical (unpaired) electrons. The summed E-state index contributed by atoms with van der Waals surface area (Å²) in [6.45, 7) is 1.92. The van der Waals surface area contributed by atoms with Crippen molar-refractivity contribution in [3.63, 3.8) is 0 Å². The SMILES string of the molecule is CC(NC(=O)CSc1n[nH]c(C2CC2)n1)c1ccccc1Cl. The van der Waals surface area contributed by atoms with Gasteiger partial charge in [0.1, 0.15) is 5.82 Å². The summed E-state index contributed by atoms with van der Waals surface area (Å²) in [5.74, 6) is 1.70. The Balaban J connectivity index is 1.50. The van der Waals surface area contributed by atoms with Crippen LogP contribution in [0.5, 0.6) is 0 Å². The van der Waals surface area contributed by atoms with Crippen LogP contribution < -0.4 is 5.32 Å². The summed E-state index contributed by atoms with van der Waals surface area (Å²) in [5, 5.41) is 11.3. The lowest BCUT2D eigenvalue weighted by molar-refractivity contribution is -0.119. The van der Waals surface area contributed by atoms with Gasteiger partial charge in [0, 0.05) is 10.9 Å². The van der Waals surface area contributed by atoms with Crippen LogP contribution in [0, 0.1) is 0 Å². The van der Waals surface area contributed by atoms with E-state index in [-0.39, 0.29) is 17.7 Å². The van der Waals surface area contributed by atoms with Crippen molar-refractivity contribution in [3.05, 3.63) is 40.7 Å². The summed E-state index contributed by atoms with van der Waals surface area (Å²) in [7, 11) is 0. The smallest absolute Gasteiger partial charge is 0.230 e. The van der Waals surface area contributed by atoms with Crippen LogP contribution in [0.15, 0.2) is 29.4 Å². The minimum Gasteiger partial charge on any atom is -0.349 e. The molecule has 1 heterocycles. The monoisotopic (exact) mass is 336 g/mol. The summed E-state index contributed by atoms with van der Waals surface area (Å²) >= 11 is 7.47. The zero-order valence-corrected chi connectivity index (χ0v) is 13.7. The first-order chi connectivity index (χ1) is 10.6. The number of H-pyrrole nitrogens is 1. The molecule has 2 aromatic rings. The van der Waals surface area contributed by atoms with Gasteiger partial charge in [-0.15, -0.1) is 5.10 Å². The van der Waals surface area contributed by atoms with E-state index in [4.69, 9.17) is 11.6 Å². The highest BCUT2D eigenvalue weighted by atomic mass is 35.5. The highest BCUT2D eigenvalue weighted by Gasteiger charge is 2.27. The molecule has 1 aliphatic carbocycles. The summed E-state index contributed by atoms with van der Waals surface area (Å²) < 4.78 is 0. The fraction of sp³-hybridized carbons (Fsp3) is 0.400. The van der Waals surface area contributed by atoms with E-state index in [1.54, 1.807) is 0 Å². The Hall–Kier alpha value is -1.53. The first-order valence-corrected chi connectivity index (χ1v) is 8.58. The normalized spacial score (nSPS) is 15.5. The second-order valence-corrected chi connectivity index (χ2v) is 6.73. The van der Waals surface area contributed by atoms with E-state index < -0.39 is 0 Å². The number of halogens is 1. The van der Waals surface area contributed by atoms with Gasteiger partial charge in [-0.1, -0.05) is 41.6 Å². The quantitative estimate of drug-likeness (QED) is 0.794. The molecule has 116 valence electrons. The maximum absolute atomic E-state index is 12.0. The van der Waals surface area contributed by atoms with Crippen molar-refractivity contribution in [2.75, 3.05) is 5.75 Å². The lowest BCUT2D eigenvalue weighted by atomic mass is 10.1. The topological polar surface area (TPSA) is 70.7 Å². The molecule has 1 saturated carbocycles. The number of hydrogen-bond acceptors (Lipinski definition) is 4. The van der Waals surface area contributed by atoms with Crippen LogP contribution >= 0.6 is 23.4 Å². The van der Waals surface area contributed by atoms with Crippen molar-refractivity contribution in [1.29, 1.82) is 0 Å². The Morgan fingerprint density at radius 2 is 2.27 bits per heavy atom. The fourth-order valence-corrected chi connectivity index (χ4v) is 3.10. The Morgan fingerprint density at radius 3 is 3.00 bits per heavy atom. The van der Waals surface area contributed by atoms with Crippen molar-refractivity contribution in [2.24, 2.45) is 0 Å². The minimum absolute atomic E-state index is 0.0600. The van der Waals surface area contributed by atoms with Crippen LogP contribution in [-0.4, -0.2) is 26.8 Å². The lowest BCUT2D eigenvalue weighted by Crippen LogP contribution is -2.28. The molecule has 1 aliphatic rings. The zero-order chi connectivity index (χ0) is 15.5. The Kier molecular flexibility index (Phi) is 4.69. The van der Waals surface area contributed by atoms with E-state index >= 15 is 0 Å². The van der Waals surface area contributed by atoms with Crippen molar-refractivity contribution in [1.82, 2.24) is 20.5 Å². The minimum atomic E-state index is -0.129. The first kappa shape index (κ1) is 15.4. The summed E-state index contributed by atoms with van der Waals surface area (Å²) in [6.07, 6.45) is 2.35. The number of benzene rings is 1. The molecule has 2 N–H and O–H groups in total. The first-order valence-electron chi connectivity index (χ1n) is 7.22. The van der Waals surface area contributed by atoms with Crippen molar-refractivity contribution in [2.45, 2.75) is 36.9 Å². The number of carbonyl (C=O) groups is 1. The van der Waals surface area contributed by atoms with E-state index in [1.165, 1.54) is 24.6 Å². The van der Waals surface area contributed by atoms with Gasteiger partial charge in [-0.2, -0.15) is 0 Å². The van der Waals surface area contributed by atoms with Crippen LogP contribution in [0.4, 0.5) is 0 Å². The van der Waals surface area contributed by atoms with E-state index in [1.807, 2.05) is 31.2 Å². The Labute approximate surface area is 138 Å². The van der Waals surface area contributed by atoms with Gasteiger partial charge >= 0.3 is 0 Å². The van der Waals surface area contributed by atoms with Crippen molar-refractivity contribution in [3.8, 4) is 0 Å². The second kappa shape index (κ2) is 6.71. The van der Waals surface area contributed by atoms with Gasteiger partial charge in [-0.25, -0.2) is 4.98 Å². The number of nitrogens with zero attached hydrogens (tertiary/aromatic N) is 2. The molecular weight excluding hydrogens is 320 g/mol. The number of amides is 1. The number of carbonyl (C=O) groups excluding carboxylic acids is 1. The van der Waals surface area contributed by atoms with Gasteiger partial charge in [-0.3, -0.25) is 9.89 Å². The predicted molar refractivity (Wildman–Crippen MR) is 87.1 cm³/mol. The molecule has 1 aromatic carbocycles. The molecule has 5 nitrogen and oxygen atoms in total. The van der Waals surface area contributed by atoms with Gasteiger partial charge in [0.2, 0.25) is 11.1 Å². The fourth-order valence-electron chi connectivity index (χ4n) is 2.18. The molecule has 0 bridgehead atoms. The molecule has 3 rings (SSSR count). The molecule has 7 heteroatoms. The predicted octanol–water partition coefficient (Wildman–Crippen LogP) is 3.31. The van der Waals surface area contributed by atoms with Crippen molar-refractivity contribution < 1.29 is 4.79 Å². The van der Waals surface area contributed by atoms with Crippen LogP contribution in [0.2, 0.25) is 5.02 Å². The van der Waals surface area contributed by atoms with E-state index in [2.05, 4.69) is 20.5 Å². The zero-order valence-electron chi connectivity index (χ0n) is 12.2. The van der Waals surface area contributed by atoms with Crippen LogP contribution in [0.1, 0.15) is 43.1 Å². The second-order valence-electron chi connectivity index (χ2n) is 5.38. The average Bonchev–Trinajstić information content (AvgIpc) is 3.24. The molecule has 1 amide bonds. The highest BCUT2D eigenvalue weighted by Crippen LogP contribution is 2.38. The van der Waals surface area contributed by atoms with Gasteiger partial charge in [-0.05, 0) is 31.4 Å². The van der Waals surface area contributed by atoms with Gasteiger partial charge in [0.25, 0.3) is 0 Å². The van der Waals surface area contributed by atoms with Gasteiger partial charge in [0.05, 0.1) is 11.8 Å². The van der Waals surface area contributed by atoms with Gasteiger partial charge < -0.3 is 5.32 Å². The summed E-state index contributed by atoms with van der Waals surface area (Å²) in [5.41, 5.74) is 0.913. The molecular formula is C15H17ClN4OS. The number of hydrogen-bond donors (Lipinski definition) is 2. The number of aromatic amines is 1. The maximum atomic E-state index is 12.0. The third kappa shape index (κ3) is 3.81. The standard InChI is InChI=1S/C15H17ClN4OS/c1-9(11-4-2-3-5-12(11)16)17-13(21)8-22-15-18-14(19-20-15)10-6-7-10/h2-5,9-10H,6-8H2,1H3,(H,17,21)(H,18,19,20). The van der Waals surface area contributed by atoms with Crippen LogP contribution in [0.3, 0.4) is 0 Å². The van der Waals surface area contributed by atoms with Crippen LogP contribution in [-0.2, 0) is 4.79 Å². The van der Waals surface area contributed by atoms with E-state index in [9.17, 15) is 4.79 Å². The Morgan fingerprint density at radius 1 is 1.50 bits per heavy atom. The molecule has 1 atom stereocenters. The molecule has 1 aromatic heterocycles. The molecule has 0 aliphatic heterocycles. The van der Waals surface area contributed by atoms with Crippen LogP contribution in [0.25, 0.3) is 0 Å². The molecule has 0 saturated heterocycles. The summed E-state index contributed by atoms with van der Waals surface area (Å²) in [6, 6.07) is 7.39. The summed E-state index contributed by atoms with van der Waals surface area (Å²) in [4.78, 5) is 16.4. The lowest BCUT2D eigenvalue weighted by Gasteiger charge is -2.15. The van der Waals surface area contributed by atoms with E-state index in [0.717, 1.165) is 11.4 Å². The third-order valence-electron chi connectivity index (χ3n) is 3.53. The molecule has 22 heavy (non-hydrogen) atoms. The largest absolute Gasteiger partial charge is 0.349 e.